The van der Waals surface area contributed by atoms with Crippen molar-refractivity contribution in [1.29, 1.82) is 0 Å². The predicted molar refractivity (Wildman–Crippen MR) is 114 cm³/mol. The normalized spacial score (nSPS) is 14.4. The fraction of sp³-hybridized carbons (Fsp3) is 0.435. The van der Waals surface area contributed by atoms with Crippen LogP contribution in [0.2, 0.25) is 0 Å². The second-order valence-corrected chi connectivity index (χ2v) is 7.61. The number of benzene rings is 1. The van der Waals surface area contributed by atoms with Gasteiger partial charge in [-0.15, -0.1) is 0 Å². The van der Waals surface area contributed by atoms with Crippen LogP contribution in [-0.4, -0.2) is 47.9 Å². The van der Waals surface area contributed by atoms with Crippen molar-refractivity contribution in [3.05, 3.63) is 53.7 Å². The van der Waals surface area contributed by atoms with Gasteiger partial charge in [-0.05, 0) is 24.6 Å². The van der Waals surface area contributed by atoms with E-state index in [4.69, 9.17) is 4.74 Å². The van der Waals surface area contributed by atoms with E-state index in [1.807, 2.05) is 4.90 Å². The quantitative estimate of drug-likeness (QED) is 0.459. The van der Waals surface area contributed by atoms with Crippen LogP contribution < -0.4 is 9.64 Å². The lowest BCUT2D eigenvalue weighted by Gasteiger charge is -2.36. The smallest absolute Gasteiger partial charge is 0.407 e. The van der Waals surface area contributed by atoms with Crippen LogP contribution in [0.25, 0.3) is 0 Å². The summed E-state index contributed by atoms with van der Waals surface area (Å²) < 4.78 is 44.9. The highest BCUT2D eigenvalue weighted by Crippen LogP contribution is 2.32. The molecule has 9 heteroatoms. The highest BCUT2D eigenvalue weighted by atomic mass is 19.4. The molecule has 0 spiro atoms. The van der Waals surface area contributed by atoms with Gasteiger partial charge in [0.15, 0.2) is 0 Å². The Labute approximate surface area is 185 Å². The number of esters is 1. The Bertz CT molecular complexity index is 924. The van der Waals surface area contributed by atoms with Crippen LogP contribution in [0.15, 0.2) is 42.6 Å². The van der Waals surface area contributed by atoms with Gasteiger partial charge in [-0.25, -0.2) is 4.98 Å². The molecule has 1 aromatic carbocycles. The number of carbonyl (C=O) groups excluding carboxylic acids is 2. The van der Waals surface area contributed by atoms with Crippen molar-refractivity contribution in [3.63, 3.8) is 0 Å². The summed E-state index contributed by atoms with van der Waals surface area (Å²) in [6, 6.07) is 8.23. The minimum Gasteiger partial charge on any atom is -0.407 e. The summed E-state index contributed by atoms with van der Waals surface area (Å²) in [6.45, 7) is 3.55. The summed E-state index contributed by atoms with van der Waals surface area (Å²) in [7, 11) is 0. The highest BCUT2D eigenvalue weighted by Gasteiger charge is 2.36. The summed E-state index contributed by atoms with van der Waals surface area (Å²) in [5.74, 6) is -0.709. The fourth-order valence-electron chi connectivity index (χ4n) is 3.56. The topological polar surface area (TPSA) is 62.7 Å². The number of alkyl halides is 3. The molecule has 0 bridgehead atoms. The lowest BCUT2D eigenvalue weighted by Crippen LogP contribution is -2.49. The number of nitrogens with zero attached hydrogens (tertiary/aromatic N) is 3. The van der Waals surface area contributed by atoms with Crippen LogP contribution in [0.4, 0.5) is 18.9 Å². The third-order valence-electron chi connectivity index (χ3n) is 5.32. The van der Waals surface area contributed by atoms with Crippen molar-refractivity contribution in [2.24, 2.45) is 0 Å². The minimum absolute atomic E-state index is 0.229. The van der Waals surface area contributed by atoms with Crippen LogP contribution in [0, 0.1) is 0 Å². The first-order chi connectivity index (χ1) is 15.3. The third-order valence-corrected chi connectivity index (χ3v) is 5.32. The van der Waals surface area contributed by atoms with E-state index < -0.39 is 17.6 Å². The van der Waals surface area contributed by atoms with E-state index in [1.54, 1.807) is 18.3 Å². The van der Waals surface area contributed by atoms with Gasteiger partial charge >= 0.3 is 12.1 Å². The molecule has 0 radical (unpaired) electrons. The average molecular weight is 449 g/mol. The minimum atomic E-state index is -4.58. The molecule has 172 valence electrons. The van der Waals surface area contributed by atoms with Gasteiger partial charge < -0.3 is 14.5 Å². The Morgan fingerprint density at radius 3 is 2.38 bits per heavy atom. The van der Waals surface area contributed by atoms with Gasteiger partial charge in [0, 0.05) is 38.7 Å². The molecule has 2 aromatic rings. The van der Waals surface area contributed by atoms with Crippen molar-refractivity contribution in [2.75, 3.05) is 31.1 Å². The van der Waals surface area contributed by atoms with E-state index in [2.05, 4.69) is 11.9 Å². The van der Waals surface area contributed by atoms with Crippen LogP contribution in [0.3, 0.4) is 0 Å². The first kappa shape index (κ1) is 23.6. The number of anilines is 1. The number of halogens is 3. The Balaban J connectivity index is 1.56. The first-order valence-corrected chi connectivity index (χ1v) is 10.7. The highest BCUT2D eigenvalue weighted by molar-refractivity contribution is 5.96. The van der Waals surface area contributed by atoms with E-state index in [0.717, 1.165) is 31.0 Å². The van der Waals surface area contributed by atoms with E-state index in [-0.39, 0.29) is 17.4 Å². The molecule has 0 aliphatic carbocycles. The number of unbranched alkanes of at least 4 members (excludes halogenated alkanes) is 2. The van der Waals surface area contributed by atoms with E-state index in [1.165, 1.54) is 23.1 Å². The second-order valence-electron chi connectivity index (χ2n) is 7.61. The van der Waals surface area contributed by atoms with Gasteiger partial charge in [0.2, 0.25) is 5.88 Å². The summed E-state index contributed by atoms with van der Waals surface area (Å²) in [5.41, 5.74) is -0.463. The Kier molecular flexibility index (Phi) is 7.71. The van der Waals surface area contributed by atoms with Crippen LogP contribution in [0.1, 0.15) is 48.5 Å². The number of ether oxygens (including phenoxy) is 1. The summed E-state index contributed by atoms with van der Waals surface area (Å²) in [4.78, 5) is 32.1. The number of carbonyl (C=O) groups is 2. The number of hydrogen-bond donors (Lipinski definition) is 0. The largest absolute Gasteiger partial charge is 0.417 e. The van der Waals surface area contributed by atoms with Crippen molar-refractivity contribution in [1.82, 2.24) is 9.88 Å². The van der Waals surface area contributed by atoms with E-state index in [9.17, 15) is 22.8 Å². The molecular formula is C23H26F3N3O3. The molecule has 1 aliphatic heterocycles. The molecule has 1 aliphatic rings. The van der Waals surface area contributed by atoms with Gasteiger partial charge in [-0.3, -0.25) is 9.59 Å². The SMILES string of the molecule is CCCCCC(=O)Oc1ccc(N2CCN(C(=O)c3ccccc3C(F)(F)F)CC2)cn1. The summed E-state index contributed by atoms with van der Waals surface area (Å²) in [5, 5.41) is 0. The number of piperazine rings is 1. The van der Waals surface area contributed by atoms with Crippen molar-refractivity contribution in [3.8, 4) is 5.88 Å². The van der Waals surface area contributed by atoms with Crippen LogP contribution in [0.5, 0.6) is 5.88 Å². The molecule has 6 nitrogen and oxygen atoms in total. The first-order valence-electron chi connectivity index (χ1n) is 10.7. The molecule has 1 amide bonds. The molecule has 1 aromatic heterocycles. The average Bonchev–Trinajstić information content (AvgIpc) is 2.79. The second kappa shape index (κ2) is 10.5. The lowest BCUT2D eigenvalue weighted by atomic mass is 10.1. The Morgan fingerprint density at radius 1 is 1.03 bits per heavy atom. The van der Waals surface area contributed by atoms with Crippen LogP contribution >= 0.6 is 0 Å². The van der Waals surface area contributed by atoms with Crippen LogP contribution in [-0.2, 0) is 11.0 Å². The Morgan fingerprint density at radius 2 is 1.75 bits per heavy atom. The zero-order chi connectivity index (χ0) is 23.1. The maximum absolute atomic E-state index is 13.2. The van der Waals surface area contributed by atoms with Crippen molar-refractivity contribution < 1.29 is 27.5 Å². The molecular weight excluding hydrogens is 423 g/mol. The third kappa shape index (κ3) is 5.99. The van der Waals surface area contributed by atoms with Gasteiger partial charge in [0.1, 0.15) is 0 Å². The standard InChI is InChI=1S/C23H26F3N3O3/c1-2-3-4-9-21(30)32-20-11-10-17(16-27-20)28-12-14-29(15-13-28)22(31)18-7-5-6-8-19(18)23(24,25)26/h5-8,10-11,16H,2-4,9,12-15H2,1H3. The Hall–Kier alpha value is -3.10. The zero-order valence-electron chi connectivity index (χ0n) is 17.9. The molecule has 1 fully saturated rings. The summed E-state index contributed by atoms with van der Waals surface area (Å²) in [6.07, 6.45) is 0.131. The predicted octanol–water partition coefficient (Wildman–Crippen LogP) is 4.55. The molecule has 3 rings (SSSR count). The van der Waals surface area contributed by atoms with Crippen molar-refractivity contribution in [2.45, 2.75) is 38.8 Å². The van der Waals surface area contributed by atoms with E-state index >= 15 is 0 Å². The monoisotopic (exact) mass is 449 g/mol. The maximum Gasteiger partial charge on any atom is 0.417 e. The number of amides is 1. The zero-order valence-corrected chi connectivity index (χ0v) is 17.9. The molecule has 1 saturated heterocycles. The van der Waals surface area contributed by atoms with Gasteiger partial charge in [-0.1, -0.05) is 31.9 Å². The number of rotatable bonds is 7. The maximum atomic E-state index is 13.2. The fourth-order valence-corrected chi connectivity index (χ4v) is 3.56. The lowest BCUT2D eigenvalue weighted by molar-refractivity contribution is -0.138. The van der Waals surface area contributed by atoms with E-state index in [0.29, 0.717) is 32.6 Å². The van der Waals surface area contributed by atoms with Gasteiger partial charge in [0.25, 0.3) is 5.91 Å². The number of pyridine rings is 1. The number of hydrogen-bond acceptors (Lipinski definition) is 5. The molecule has 0 N–H and O–H groups in total. The number of aromatic nitrogens is 1. The molecule has 0 saturated carbocycles. The molecule has 2 heterocycles. The van der Waals surface area contributed by atoms with Gasteiger partial charge in [-0.2, -0.15) is 13.2 Å². The van der Waals surface area contributed by atoms with Crippen molar-refractivity contribution >= 4 is 17.6 Å². The molecule has 32 heavy (non-hydrogen) atoms. The van der Waals surface area contributed by atoms with Gasteiger partial charge in [0.05, 0.1) is 23.0 Å². The summed E-state index contributed by atoms with van der Waals surface area (Å²) >= 11 is 0. The molecule has 0 atom stereocenters. The molecule has 0 unspecified atom stereocenters.